The van der Waals surface area contributed by atoms with Gasteiger partial charge in [0.25, 0.3) is 0 Å². The number of carboxylic acids is 1. The Bertz CT molecular complexity index is 644. The molecule has 6 nitrogen and oxygen atoms in total. The fourth-order valence-electron chi connectivity index (χ4n) is 4.25. The summed E-state index contributed by atoms with van der Waals surface area (Å²) < 4.78 is 5.76. The van der Waals surface area contributed by atoms with E-state index < -0.39 is 5.97 Å². The van der Waals surface area contributed by atoms with Crippen LogP contribution in [0.5, 0.6) is 0 Å². The van der Waals surface area contributed by atoms with Crippen LogP contribution in [0.15, 0.2) is 24.3 Å². The maximum atomic E-state index is 12.4. The fraction of sp³-hybridized carbons (Fsp3) is 0.781. The first kappa shape index (κ1) is 35.9. The highest BCUT2D eigenvalue weighted by Crippen LogP contribution is 2.14. The van der Waals surface area contributed by atoms with Gasteiger partial charge in [0, 0.05) is 12.8 Å². The first-order valence-corrected chi connectivity index (χ1v) is 15.5. The molecule has 0 aliphatic heterocycles. The van der Waals surface area contributed by atoms with Gasteiger partial charge in [-0.2, -0.15) is 0 Å². The van der Waals surface area contributed by atoms with Crippen LogP contribution in [0.3, 0.4) is 0 Å². The van der Waals surface area contributed by atoms with Crippen LogP contribution in [0.2, 0.25) is 0 Å². The molecule has 0 saturated carbocycles. The third-order valence-corrected chi connectivity index (χ3v) is 6.56. The number of hydrogen-bond acceptors (Lipinski definition) is 4. The van der Waals surface area contributed by atoms with Crippen molar-refractivity contribution in [3.8, 4) is 0 Å². The van der Waals surface area contributed by atoms with Crippen molar-refractivity contribution in [3.63, 3.8) is 0 Å². The number of aliphatic carboxylic acids is 1. The second kappa shape index (κ2) is 27.9. The summed E-state index contributed by atoms with van der Waals surface area (Å²) in [6.45, 7) is 4.06. The van der Waals surface area contributed by atoms with E-state index >= 15 is 0 Å². The van der Waals surface area contributed by atoms with Gasteiger partial charge in [-0.3, -0.25) is 14.4 Å². The zero-order valence-corrected chi connectivity index (χ0v) is 24.5. The van der Waals surface area contributed by atoms with Crippen LogP contribution in [0.4, 0.5) is 0 Å². The molecular weight excluding hydrogens is 478 g/mol. The van der Waals surface area contributed by atoms with Gasteiger partial charge in [-0.05, 0) is 63.9 Å². The molecule has 0 radical (unpaired) electrons. The number of hydrogen-bond donors (Lipinski definition) is 2. The van der Waals surface area contributed by atoms with Gasteiger partial charge in [-0.1, -0.05) is 96.3 Å². The quantitative estimate of drug-likeness (QED) is 0.0625. The zero-order chi connectivity index (χ0) is 28.1. The largest absolute Gasteiger partial charge is 0.480 e. The van der Waals surface area contributed by atoms with E-state index in [0.717, 1.165) is 57.8 Å². The molecule has 6 heteroatoms. The van der Waals surface area contributed by atoms with Crippen LogP contribution in [0, 0.1) is 0 Å². The first-order chi connectivity index (χ1) is 18.5. The molecule has 0 aliphatic carbocycles. The van der Waals surface area contributed by atoms with Crippen LogP contribution < -0.4 is 5.32 Å². The van der Waals surface area contributed by atoms with E-state index in [1.165, 1.54) is 64.2 Å². The minimum absolute atomic E-state index is 0.104. The van der Waals surface area contributed by atoms with Gasteiger partial charge in [-0.15, -0.1) is 0 Å². The first-order valence-electron chi connectivity index (χ1n) is 15.5. The van der Waals surface area contributed by atoms with E-state index in [0.29, 0.717) is 12.8 Å². The highest BCUT2D eigenvalue weighted by molar-refractivity contribution is 5.80. The molecule has 0 aromatic carbocycles. The monoisotopic (exact) mass is 535 g/mol. The number of carboxylic acid groups (broad SMARTS) is 1. The lowest BCUT2D eigenvalue weighted by atomic mass is 10.1. The molecule has 2 N–H and O–H groups in total. The predicted octanol–water partition coefficient (Wildman–Crippen LogP) is 8.44. The van der Waals surface area contributed by atoms with Gasteiger partial charge < -0.3 is 15.2 Å². The maximum Gasteiger partial charge on any atom is 0.322 e. The average molecular weight is 536 g/mol. The molecular formula is C32H57NO5. The Morgan fingerprint density at radius 3 is 1.89 bits per heavy atom. The van der Waals surface area contributed by atoms with Crippen LogP contribution in [-0.4, -0.2) is 35.6 Å². The number of nitrogens with one attached hydrogen (secondary N) is 1. The molecule has 0 rings (SSSR count). The molecule has 0 aromatic heterocycles. The van der Waals surface area contributed by atoms with E-state index in [9.17, 15) is 14.4 Å². The Morgan fingerprint density at radius 1 is 0.684 bits per heavy atom. The van der Waals surface area contributed by atoms with Crippen molar-refractivity contribution in [1.29, 1.82) is 0 Å². The number of allylic oxidation sites excluding steroid dienone is 3. The molecule has 0 aromatic rings. The number of rotatable bonds is 27. The topological polar surface area (TPSA) is 92.7 Å². The molecule has 0 spiro atoms. The molecule has 0 fully saturated rings. The molecule has 1 atom stereocenters. The number of esters is 1. The van der Waals surface area contributed by atoms with E-state index in [-0.39, 0.29) is 24.5 Å². The van der Waals surface area contributed by atoms with Crippen LogP contribution in [-0.2, 0) is 19.1 Å². The van der Waals surface area contributed by atoms with Gasteiger partial charge in [0.2, 0.25) is 5.91 Å². The van der Waals surface area contributed by atoms with E-state index in [1.807, 2.05) is 6.08 Å². The summed E-state index contributed by atoms with van der Waals surface area (Å²) in [5.41, 5.74) is 0. The second-order valence-corrected chi connectivity index (χ2v) is 10.3. The number of carbonyl (C=O) groups excluding carboxylic acids is 2. The minimum Gasteiger partial charge on any atom is -0.480 e. The molecule has 38 heavy (non-hydrogen) atoms. The van der Waals surface area contributed by atoms with Gasteiger partial charge in [0.1, 0.15) is 12.6 Å². The Kier molecular flexibility index (Phi) is 26.4. The summed E-state index contributed by atoms with van der Waals surface area (Å²) in [4.78, 5) is 34.4. The number of unbranched alkanes of at least 4 members (excludes halogenated alkanes) is 14. The summed E-state index contributed by atoms with van der Waals surface area (Å²) in [5.74, 6) is -1.35. The lowest BCUT2D eigenvalue weighted by molar-refractivity contribution is -0.147. The van der Waals surface area contributed by atoms with Crippen molar-refractivity contribution in [3.05, 3.63) is 24.3 Å². The third kappa shape index (κ3) is 26.9. The lowest BCUT2D eigenvalue weighted by Gasteiger charge is -2.15. The highest BCUT2D eigenvalue weighted by atomic mass is 16.5. The molecule has 1 unspecified atom stereocenters. The molecule has 1 amide bonds. The van der Waals surface area contributed by atoms with E-state index in [1.54, 1.807) is 0 Å². The van der Waals surface area contributed by atoms with Crippen LogP contribution >= 0.6 is 0 Å². The summed E-state index contributed by atoms with van der Waals surface area (Å²) in [6.07, 6.45) is 30.5. The van der Waals surface area contributed by atoms with Crippen LogP contribution in [0.25, 0.3) is 0 Å². The highest BCUT2D eigenvalue weighted by Gasteiger charge is 2.11. The standard InChI is InChI=1S/C32H57NO5/c1-3-5-7-8-9-10-11-12-13-14-15-16-17-23-27-32(37)38-29(24-20-6-4-2)25-21-18-19-22-26-30(34)33-28-31(35)36/h11-12,20,24,29H,3-10,13-19,21-23,25-28H2,1-2H3,(H,33,34)(H,35,36)/b12-11-,24-20-. The molecule has 0 aliphatic rings. The molecule has 220 valence electrons. The number of ether oxygens (including phenoxy) is 1. The molecule has 0 saturated heterocycles. The summed E-state index contributed by atoms with van der Waals surface area (Å²) in [6, 6.07) is 0. The Labute approximate surface area is 233 Å². The van der Waals surface area contributed by atoms with Crippen molar-refractivity contribution in [2.24, 2.45) is 0 Å². The van der Waals surface area contributed by atoms with E-state index in [4.69, 9.17) is 9.84 Å². The lowest BCUT2D eigenvalue weighted by Crippen LogP contribution is -2.28. The maximum absolute atomic E-state index is 12.4. The van der Waals surface area contributed by atoms with Gasteiger partial charge in [0.15, 0.2) is 0 Å². The Balaban J connectivity index is 3.90. The Hall–Kier alpha value is -2.11. The zero-order valence-electron chi connectivity index (χ0n) is 24.5. The fourth-order valence-corrected chi connectivity index (χ4v) is 4.25. The summed E-state index contributed by atoms with van der Waals surface area (Å²) in [5, 5.41) is 11.0. The smallest absolute Gasteiger partial charge is 0.322 e. The van der Waals surface area contributed by atoms with Crippen molar-refractivity contribution < 1.29 is 24.2 Å². The van der Waals surface area contributed by atoms with E-state index in [2.05, 4.69) is 37.4 Å². The van der Waals surface area contributed by atoms with Crippen molar-refractivity contribution in [2.75, 3.05) is 6.54 Å². The molecule has 0 bridgehead atoms. The van der Waals surface area contributed by atoms with Crippen LogP contribution in [0.1, 0.15) is 149 Å². The number of carbonyl (C=O) groups is 3. The minimum atomic E-state index is -1.03. The summed E-state index contributed by atoms with van der Waals surface area (Å²) >= 11 is 0. The average Bonchev–Trinajstić information content (AvgIpc) is 2.89. The Morgan fingerprint density at radius 2 is 1.26 bits per heavy atom. The van der Waals surface area contributed by atoms with Gasteiger partial charge in [-0.25, -0.2) is 0 Å². The normalized spacial score (nSPS) is 12.3. The third-order valence-electron chi connectivity index (χ3n) is 6.56. The van der Waals surface area contributed by atoms with Crippen molar-refractivity contribution in [1.82, 2.24) is 5.32 Å². The van der Waals surface area contributed by atoms with Gasteiger partial charge in [0.05, 0.1) is 0 Å². The van der Waals surface area contributed by atoms with Gasteiger partial charge >= 0.3 is 11.9 Å². The predicted molar refractivity (Wildman–Crippen MR) is 157 cm³/mol. The summed E-state index contributed by atoms with van der Waals surface area (Å²) in [7, 11) is 0. The number of amides is 1. The second-order valence-electron chi connectivity index (χ2n) is 10.3. The van der Waals surface area contributed by atoms with Crippen molar-refractivity contribution in [2.45, 2.75) is 155 Å². The SMILES string of the molecule is CCC/C=C\C(CCCCCCC(=O)NCC(=O)O)OC(=O)CCCCCCC/C=C\CCCCCCC. The molecule has 0 heterocycles. The van der Waals surface area contributed by atoms with Crippen molar-refractivity contribution >= 4 is 17.8 Å².